The van der Waals surface area contributed by atoms with Gasteiger partial charge >= 0.3 is 0 Å². The van der Waals surface area contributed by atoms with Crippen molar-refractivity contribution in [2.24, 2.45) is 0 Å². The Morgan fingerprint density at radius 3 is 2.78 bits per heavy atom. The van der Waals surface area contributed by atoms with E-state index in [0.717, 1.165) is 12.1 Å². The number of hydrogen-bond acceptors (Lipinski definition) is 6. The molecule has 0 amide bonds. The quantitative estimate of drug-likeness (QED) is 0.919. The van der Waals surface area contributed by atoms with Crippen molar-refractivity contribution >= 4 is 21.9 Å². The fourth-order valence-electron chi connectivity index (χ4n) is 1.34. The zero-order valence-corrected chi connectivity index (χ0v) is 11.7. The molecule has 96 valence electrons. The van der Waals surface area contributed by atoms with Gasteiger partial charge in [-0.3, -0.25) is 0 Å². The first-order chi connectivity index (χ1) is 8.60. The molecule has 0 aliphatic rings. The van der Waals surface area contributed by atoms with Gasteiger partial charge in [-0.1, -0.05) is 6.92 Å². The van der Waals surface area contributed by atoms with Gasteiger partial charge in [-0.2, -0.15) is 14.6 Å². The first kappa shape index (κ1) is 12.7. The van der Waals surface area contributed by atoms with Crippen LogP contribution in [0.3, 0.4) is 0 Å². The number of nitrogen functional groups attached to an aromatic ring is 1. The summed E-state index contributed by atoms with van der Waals surface area (Å²) in [4.78, 5) is 12.5. The second-order valence-electron chi connectivity index (χ2n) is 3.65. The van der Waals surface area contributed by atoms with Crippen molar-refractivity contribution in [2.45, 2.75) is 20.3 Å². The van der Waals surface area contributed by atoms with E-state index in [1.54, 1.807) is 6.07 Å². The topological polar surface area (TPSA) is 91.7 Å². The van der Waals surface area contributed by atoms with Crippen molar-refractivity contribution in [1.29, 1.82) is 0 Å². The molecule has 2 heterocycles. The molecular weight excluding hydrogens is 300 g/mol. The summed E-state index contributed by atoms with van der Waals surface area (Å²) in [5.74, 6) is 1.04. The minimum Gasteiger partial charge on any atom is -0.478 e. The lowest BCUT2D eigenvalue weighted by atomic mass is 10.4. The molecule has 2 aromatic heterocycles. The molecule has 18 heavy (non-hydrogen) atoms. The van der Waals surface area contributed by atoms with Crippen LogP contribution in [0.2, 0.25) is 0 Å². The number of anilines is 1. The number of ether oxygens (including phenoxy) is 1. The highest BCUT2D eigenvalue weighted by Crippen LogP contribution is 2.16. The van der Waals surface area contributed by atoms with Gasteiger partial charge < -0.3 is 10.5 Å². The standard InChI is InChI=1S/C10H13BrN6O/c1-3-4-18-7-5-6(2)13-10(14-7)17-8(11)15-9(12)16-17/h5H,3-4H2,1-2H3,(H2,12,16). The molecule has 0 saturated carbocycles. The summed E-state index contributed by atoms with van der Waals surface area (Å²) in [5, 5.41) is 4.00. The second-order valence-corrected chi connectivity index (χ2v) is 4.36. The van der Waals surface area contributed by atoms with Crippen LogP contribution in [0, 0.1) is 6.92 Å². The lowest BCUT2D eigenvalue weighted by Gasteiger charge is -2.06. The zero-order chi connectivity index (χ0) is 13.1. The van der Waals surface area contributed by atoms with Crippen molar-refractivity contribution in [3.05, 3.63) is 16.5 Å². The Bertz CT molecular complexity index is 555. The van der Waals surface area contributed by atoms with Gasteiger partial charge in [-0.25, -0.2) is 4.98 Å². The van der Waals surface area contributed by atoms with Crippen LogP contribution < -0.4 is 10.5 Å². The zero-order valence-electron chi connectivity index (χ0n) is 10.1. The van der Waals surface area contributed by atoms with Crippen molar-refractivity contribution in [2.75, 3.05) is 12.3 Å². The van der Waals surface area contributed by atoms with Crippen molar-refractivity contribution in [3.8, 4) is 11.8 Å². The Morgan fingerprint density at radius 2 is 2.17 bits per heavy atom. The number of nitrogens with two attached hydrogens (primary N) is 1. The van der Waals surface area contributed by atoms with Crippen molar-refractivity contribution < 1.29 is 4.74 Å². The van der Waals surface area contributed by atoms with Crippen LogP contribution in [0.15, 0.2) is 10.8 Å². The maximum Gasteiger partial charge on any atom is 0.256 e. The Morgan fingerprint density at radius 1 is 1.39 bits per heavy atom. The Kier molecular flexibility index (Phi) is 3.75. The molecule has 0 radical (unpaired) electrons. The van der Waals surface area contributed by atoms with Crippen LogP contribution in [0.4, 0.5) is 5.95 Å². The van der Waals surface area contributed by atoms with Gasteiger partial charge in [0.15, 0.2) is 0 Å². The minimum absolute atomic E-state index is 0.156. The predicted octanol–water partition coefficient (Wildman–Crippen LogP) is 1.50. The molecule has 0 saturated heterocycles. The summed E-state index contributed by atoms with van der Waals surface area (Å²) in [6, 6.07) is 1.77. The molecule has 0 atom stereocenters. The summed E-state index contributed by atoms with van der Waals surface area (Å²) < 4.78 is 7.35. The van der Waals surface area contributed by atoms with Crippen LogP contribution in [-0.2, 0) is 0 Å². The van der Waals surface area contributed by atoms with Gasteiger partial charge in [0, 0.05) is 11.8 Å². The molecule has 0 unspecified atom stereocenters. The number of aromatic nitrogens is 5. The molecule has 0 fully saturated rings. The van der Waals surface area contributed by atoms with Crippen LogP contribution in [-0.4, -0.2) is 31.3 Å². The highest BCUT2D eigenvalue weighted by molar-refractivity contribution is 9.10. The van der Waals surface area contributed by atoms with E-state index in [1.807, 2.05) is 13.8 Å². The summed E-state index contributed by atoms with van der Waals surface area (Å²) >= 11 is 3.24. The van der Waals surface area contributed by atoms with E-state index in [4.69, 9.17) is 10.5 Å². The van der Waals surface area contributed by atoms with Gasteiger partial charge in [-0.05, 0) is 29.3 Å². The molecule has 0 spiro atoms. The van der Waals surface area contributed by atoms with E-state index in [2.05, 4.69) is 36.0 Å². The van der Waals surface area contributed by atoms with E-state index in [9.17, 15) is 0 Å². The lowest BCUT2D eigenvalue weighted by molar-refractivity contribution is 0.304. The van der Waals surface area contributed by atoms with Crippen molar-refractivity contribution in [3.63, 3.8) is 0 Å². The third-order valence-electron chi connectivity index (χ3n) is 2.05. The first-order valence-electron chi connectivity index (χ1n) is 5.47. The van der Waals surface area contributed by atoms with Gasteiger partial charge in [-0.15, -0.1) is 5.10 Å². The number of hydrogen-bond donors (Lipinski definition) is 1. The summed E-state index contributed by atoms with van der Waals surface area (Å²) in [5.41, 5.74) is 6.30. The normalized spacial score (nSPS) is 10.6. The molecule has 2 aromatic rings. The summed E-state index contributed by atoms with van der Waals surface area (Å²) in [7, 11) is 0. The lowest BCUT2D eigenvalue weighted by Crippen LogP contribution is -2.07. The van der Waals surface area contributed by atoms with Gasteiger partial charge in [0.05, 0.1) is 6.61 Å². The van der Waals surface area contributed by atoms with Crippen LogP contribution in [0.1, 0.15) is 19.0 Å². The maximum atomic E-state index is 5.51. The molecule has 0 aromatic carbocycles. The van der Waals surface area contributed by atoms with E-state index in [1.165, 1.54) is 4.68 Å². The highest BCUT2D eigenvalue weighted by atomic mass is 79.9. The molecule has 0 aliphatic carbocycles. The van der Waals surface area contributed by atoms with E-state index < -0.39 is 0 Å². The smallest absolute Gasteiger partial charge is 0.256 e. The number of rotatable bonds is 4. The number of halogens is 1. The predicted molar refractivity (Wildman–Crippen MR) is 69.6 cm³/mol. The second kappa shape index (κ2) is 5.30. The molecular formula is C10H13BrN6O. The van der Waals surface area contributed by atoms with E-state index >= 15 is 0 Å². The van der Waals surface area contributed by atoms with Gasteiger partial charge in [0.25, 0.3) is 5.95 Å². The maximum absolute atomic E-state index is 5.51. The monoisotopic (exact) mass is 312 g/mol. The number of nitrogens with zero attached hydrogens (tertiary/aromatic N) is 5. The van der Waals surface area contributed by atoms with E-state index in [0.29, 0.717) is 23.2 Å². The molecule has 0 bridgehead atoms. The fourth-order valence-corrected chi connectivity index (χ4v) is 1.75. The van der Waals surface area contributed by atoms with Gasteiger partial charge in [0.2, 0.25) is 16.6 Å². The Balaban J connectivity index is 2.38. The minimum atomic E-state index is 0.156. The molecule has 2 N–H and O–H groups in total. The van der Waals surface area contributed by atoms with E-state index in [-0.39, 0.29) is 5.95 Å². The van der Waals surface area contributed by atoms with Crippen LogP contribution in [0.25, 0.3) is 5.95 Å². The molecule has 7 nitrogen and oxygen atoms in total. The summed E-state index contributed by atoms with van der Waals surface area (Å²) in [6.45, 7) is 4.50. The number of aryl methyl sites for hydroxylation is 1. The SMILES string of the molecule is CCCOc1cc(C)nc(-n2nc(N)nc2Br)n1. The first-order valence-corrected chi connectivity index (χ1v) is 6.26. The average molecular weight is 313 g/mol. The van der Waals surface area contributed by atoms with Crippen LogP contribution in [0.5, 0.6) is 5.88 Å². The largest absolute Gasteiger partial charge is 0.478 e. The molecule has 2 rings (SSSR count). The molecule has 0 aliphatic heterocycles. The summed E-state index contributed by atoms with van der Waals surface area (Å²) in [6.07, 6.45) is 0.915. The Hall–Kier alpha value is -1.70. The Labute approximate surface area is 113 Å². The third kappa shape index (κ3) is 2.76. The van der Waals surface area contributed by atoms with Gasteiger partial charge in [0.1, 0.15) is 0 Å². The fraction of sp³-hybridized carbons (Fsp3) is 0.400. The molecule has 8 heteroatoms. The highest BCUT2D eigenvalue weighted by Gasteiger charge is 2.11. The van der Waals surface area contributed by atoms with Crippen LogP contribution >= 0.6 is 15.9 Å². The average Bonchev–Trinajstić information content (AvgIpc) is 2.65. The van der Waals surface area contributed by atoms with Crippen molar-refractivity contribution in [1.82, 2.24) is 24.7 Å². The third-order valence-corrected chi connectivity index (χ3v) is 2.56.